The Kier molecular flexibility index (Phi) is 29.6. The second-order valence-corrected chi connectivity index (χ2v) is 12.3. The van der Waals surface area contributed by atoms with E-state index in [1.54, 1.807) is 0 Å². The average molecular weight is 641 g/mol. The molecule has 44 heavy (non-hydrogen) atoms. The highest BCUT2D eigenvalue weighted by Gasteiger charge is 2.22. The molecular formula is C35H61O8P. The van der Waals surface area contributed by atoms with E-state index in [9.17, 15) is 14.2 Å². The summed E-state index contributed by atoms with van der Waals surface area (Å²) in [5.41, 5.74) is 0. The first-order valence-electron chi connectivity index (χ1n) is 16.9. The van der Waals surface area contributed by atoms with Gasteiger partial charge in [0, 0.05) is 12.8 Å². The molecule has 1 atom stereocenters. The number of esters is 2. The lowest BCUT2D eigenvalue weighted by Crippen LogP contribution is -2.29. The monoisotopic (exact) mass is 640 g/mol. The maximum Gasteiger partial charge on any atom is 0.469 e. The van der Waals surface area contributed by atoms with Crippen molar-refractivity contribution >= 4 is 19.8 Å². The molecule has 0 fully saturated rings. The molecule has 254 valence electrons. The first-order chi connectivity index (χ1) is 21.3. The van der Waals surface area contributed by atoms with Crippen molar-refractivity contribution in [2.24, 2.45) is 0 Å². The van der Waals surface area contributed by atoms with Gasteiger partial charge in [0.05, 0.1) is 6.61 Å². The average Bonchev–Trinajstić information content (AvgIpc) is 2.98. The molecule has 0 aliphatic rings. The van der Waals surface area contributed by atoms with Crippen molar-refractivity contribution in [2.45, 2.75) is 148 Å². The van der Waals surface area contributed by atoms with Crippen LogP contribution in [0.2, 0.25) is 0 Å². The molecule has 0 aliphatic heterocycles. The Hall–Kier alpha value is -1.99. The Balaban J connectivity index is 4.05. The topological polar surface area (TPSA) is 119 Å². The third-order valence-corrected chi connectivity index (χ3v) is 7.32. The summed E-state index contributed by atoms with van der Waals surface area (Å²) in [6, 6.07) is 0. The molecule has 0 heterocycles. The Morgan fingerprint density at radius 3 is 1.66 bits per heavy atom. The largest absolute Gasteiger partial charge is 0.469 e. The van der Waals surface area contributed by atoms with Gasteiger partial charge in [0.1, 0.15) is 6.61 Å². The highest BCUT2D eigenvalue weighted by atomic mass is 31.2. The molecular weight excluding hydrogens is 579 g/mol. The van der Waals surface area contributed by atoms with Crippen LogP contribution in [0.4, 0.5) is 0 Å². The molecule has 0 rings (SSSR count). The first kappa shape index (κ1) is 42.0. The molecule has 2 N–H and O–H groups in total. The fourth-order valence-corrected chi connectivity index (χ4v) is 4.67. The van der Waals surface area contributed by atoms with Crippen LogP contribution in [0.1, 0.15) is 142 Å². The summed E-state index contributed by atoms with van der Waals surface area (Å²) < 4.78 is 26.2. The van der Waals surface area contributed by atoms with Crippen LogP contribution >= 0.6 is 7.82 Å². The van der Waals surface area contributed by atoms with E-state index in [1.807, 2.05) is 0 Å². The predicted octanol–water partition coefficient (Wildman–Crippen LogP) is 9.62. The van der Waals surface area contributed by atoms with Crippen molar-refractivity contribution in [3.8, 4) is 0 Å². The quantitative estimate of drug-likeness (QED) is 0.0345. The molecule has 9 heteroatoms. The maximum absolute atomic E-state index is 12.3. The van der Waals surface area contributed by atoms with E-state index >= 15 is 0 Å². The number of ether oxygens (including phenoxy) is 2. The fourth-order valence-electron chi connectivity index (χ4n) is 4.31. The zero-order chi connectivity index (χ0) is 32.6. The van der Waals surface area contributed by atoms with Gasteiger partial charge < -0.3 is 19.3 Å². The first-order valence-corrected chi connectivity index (χ1v) is 18.5. The van der Waals surface area contributed by atoms with Gasteiger partial charge in [0.15, 0.2) is 6.10 Å². The molecule has 0 aromatic carbocycles. The van der Waals surface area contributed by atoms with E-state index in [0.29, 0.717) is 12.8 Å². The van der Waals surface area contributed by atoms with Crippen molar-refractivity contribution in [1.29, 1.82) is 0 Å². The van der Waals surface area contributed by atoms with Gasteiger partial charge in [-0.3, -0.25) is 14.1 Å². The van der Waals surface area contributed by atoms with Crippen molar-refractivity contribution in [3.63, 3.8) is 0 Å². The van der Waals surface area contributed by atoms with Crippen LogP contribution in [0.15, 0.2) is 48.6 Å². The second-order valence-electron chi connectivity index (χ2n) is 11.1. The molecule has 0 aromatic heterocycles. The number of phosphoric acid groups is 1. The number of carbonyl (C=O) groups is 2. The van der Waals surface area contributed by atoms with Gasteiger partial charge in [-0.25, -0.2) is 4.57 Å². The molecule has 0 radical (unpaired) electrons. The highest BCUT2D eigenvalue weighted by molar-refractivity contribution is 7.46. The van der Waals surface area contributed by atoms with Crippen LogP contribution in [0.3, 0.4) is 0 Å². The summed E-state index contributed by atoms with van der Waals surface area (Å²) in [7, 11) is -4.75. The molecule has 8 nitrogen and oxygen atoms in total. The molecule has 0 aromatic rings. The zero-order valence-corrected chi connectivity index (χ0v) is 28.4. The number of hydrogen-bond donors (Lipinski definition) is 2. The van der Waals surface area contributed by atoms with Crippen molar-refractivity contribution in [1.82, 2.24) is 0 Å². The third-order valence-electron chi connectivity index (χ3n) is 6.83. The summed E-state index contributed by atoms with van der Waals surface area (Å²) in [6.45, 7) is 3.48. The molecule has 0 bridgehead atoms. The molecule has 0 saturated carbocycles. The minimum Gasteiger partial charge on any atom is -0.462 e. The summed E-state index contributed by atoms with van der Waals surface area (Å²) in [4.78, 5) is 42.5. The number of unbranched alkanes of at least 4 members (excludes halogenated alkanes) is 12. The zero-order valence-electron chi connectivity index (χ0n) is 27.5. The summed E-state index contributed by atoms with van der Waals surface area (Å²) in [5.74, 6) is -0.922. The van der Waals surface area contributed by atoms with Crippen LogP contribution in [0, 0.1) is 0 Å². The fraction of sp³-hybridized carbons (Fsp3) is 0.714. The molecule has 0 amide bonds. The lowest BCUT2D eigenvalue weighted by molar-refractivity contribution is -0.161. The second kappa shape index (κ2) is 31.0. The minimum atomic E-state index is -4.75. The van der Waals surface area contributed by atoms with Gasteiger partial charge in [-0.1, -0.05) is 114 Å². The molecule has 0 spiro atoms. The van der Waals surface area contributed by atoms with E-state index in [4.69, 9.17) is 19.3 Å². The van der Waals surface area contributed by atoms with E-state index in [1.165, 1.54) is 12.8 Å². The normalized spacial score (nSPS) is 13.1. The van der Waals surface area contributed by atoms with Gasteiger partial charge in [0.2, 0.25) is 0 Å². The van der Waals surface area contributed by atoms with E-state index in [-0.39, 0.29) is 19.4 Å². The molecule has 0 aliphatic carbocycles. The third kappa shape index (κ3) is 32.9. The van der Waals surface area contributed by atoms with Gasteiger partial charge >= 0.3 is 19.8 Å². The van der Waals surface area contributed by atoms with Crippen LogP contribution in [-0.4, -0.2) is 41.0 Å². The van der Waals surface area contributed by atoms with E-state index in [0.717, 1.165) is 89.9 Å². The van der Waals surface area contributed by atoms with E-state index < -0.39 is 32.5 Å². The SMILES string of the molecule is CC/C=C/C/C=C/C/C=C/CCCCCCCC(=O)OC[C@H](COP(=O)(O)O)OC(=O)CCCCCCC/C=C/CCCC. The summed E-state index contributed by atoms with van der Waals surface area (Å²) >= 11 is 0. The summed E-state index contributed by atoms with van der Waals surface area (Å²) in [6.07, 6.45) is 35.5. The van der Waals surface area contributed by atoms with Crippen molar-refractivity contribution in [3.05, 3.63) is 48.6 Å². The van der Waals surface area contributed by atoms with Crippen molar-refractivity contribution in [2.75, 3.05) is 13.2 Å². The number of hydrogen-bond acceptors (Lipinski definition) is 6. The minimum absolute atomic E-state index is 0.195. The number of rotatable bonds is 30. The van der Waals surface area contributed by atoms with Gasteiger partial charge in [-0.15, -0.1) is 0 Å². The Morgan fingerprint density at radius 1 is 0.614 bits per heavy atom. The number of phosphoric ester groups is 1. The Bertz CT molecular complexity index is 859. The molecule has 0 unspecified atom stereocenters. The van der Waals surface area contributed by atoms with Gasteiger partial charge in [0.25, 0.3) is 0 Å². The number of allylic oxidation sites excluding steroid dienone is 8. The maximum atomic E-state index is 12.3. The molecule has 0 saturated heterocycles. The Morgan fingerprint density at radius 2 is 1.09 bits per heavy atom. The standard InChI is InChI=1S/C35H61O8P/c1-3-5-7-9-11-13-15-16-17-18-20-21-23-25-27-29-34(36)41-31-33(32-42-44(38,39)40)43-35(37)30-28-26-24-22-19-14-12-10-8-6-4-2/h5,7,10-13,16-17,33H,3-4,6,8-9,14-15,18-32H2,1-2H3,(H2,38,39,40)/b7-5+,12-10+,13-11+,17-16+/t33-/m1/s1. The van der Waals surface area contributed by atoms with Gasteiger partial charge in [-0.05, 0) is 64.2 Å². The Labute approximate surface area is 267 Å². The van der Waals surface area contributed by atoms with Crippen LogP contribution in [-0.2, 0) is 28.2 Å². The van der Waals surface area contributed by atoms with Crippen molar-refractivity contribution < 1.29 is 37.9 Å². The lowest BCUT2D eigenvalue weighted by atomic mass is 10.1. The number of carbonyl (C=O) groups excluding carboxylic acids is 2. The lowest BCUT2D eigenvalue weighted by Gasteiger charge is -2.18. The van der Waals surface area contributed by atoms with Crippen LogP contribution < -0.4 is 0 Å². The van der Waals surface area contributed by atoms with E-state index in [2.05, 4.69) is 67.0 Å². The van der Waals surface area contributed by atoms with Gasteiger partial charge in [-0.2, -0.15) is 0 Å². The predicted molar refractivity (Wildman–Crippen MR) is 179 cm³/mol. The van der Waals surface area contributed by atoms with Crippen LogP contribution in [0.25, 0.3) is 0 Å². The summed E-state index contributed by atoms with van der Waals surface area (Å²) in [5, 5.41) is 0. The smallest absolute Gasteiger partial charge is 0.462 e. The highest BCUT2D eigenvalue weighted by Crippen LogP contribution is 2.35. The van der Waals surface area contributed by atoms with Crippen LogP contribution in [0.5, 0.6) is 0 Å².